The Bertz CT molecular complexity index is 239. The number of hydrogen-bond donors (Lipinski definition) is 0. The van der Waals surface area contributed by atoms with Crippen molar-refractivity contribution in [1.82, 2.24) is 4.90 Å². The summed E-state index contributed by atoms with van der Waals surface area (Å²) in [5.41, 5.74) is 0.368. The van der Waals surface area contributed by atoms with Crippen LogP contribution in [0.1, 0.15) is 40.5 Å². The molecule has 1 unspecified atom stereocenters. The molecular weight excluding hydrogens is 222 g/mol. The molecule has 16 heavy (non-hydrogen) atoms. The van der Waals surface area contributed by atoms with Crippen LogP contribution in [0.3, 0.4) is 0 Å². The Balaban J connectivity index is 2.46. The number of carbonyl (C=O) groups is 1. The van der Waals surface area contributed by atoms with Gasteiger partial charge in [-0.1, -0.05) is 27.7 Å². The molecule has 1 atom stereocenters. The van der Waals surface area contributed by atoms with Crippen LogP contribution in [0.2, 0.25) is 0 Å². The highest BCUT2D eigenvalue weighted by atomic mass is 35.5. The van der Waals surface area contributed by atoms with Crippen molar-refractivity contribution in [2.75, 3.05) is 19.0 Å². The van der Waals surface area contributed by atoms with Gasteiger partial charge in [0, 0.05) is 24.9 Å². The summed E-state index contributed by atoms with van der Waals surface area (Å²) in [5.74, 6) is 1.36. The van der Waals surface area contributed by atoms with Crippen molar-refractivity contribution in [1.29, 1.82) is 0 Å². The van der Waals surface area contributed by atoms with Crippen molar-refractivity contribution in [2.24, 2.45) is 17.3 Å². The minimum absolute atomic E-state index is 0.0344. The molecule has 0 aliphatic carbocycles. The molecule has 1 saturated heterocycles. The molecule has 0 spiro atoms. The highest BCUT2D eigenvalue weighted by Gasteiger charge is 2.31. The second-order valence-electron chi connectivity index (χ2n) is 6.02. The van der Waals surface area contributed by atoms with Crippen molar-refractivity contribution in [2.45, 2.75) is 40.5 Å². The molecule has 0 N–H and O–H groups in total. The summed E-state index contributed by atoms with van der Waals surface area (Å²) in [5, 5.41) is 0. The van der Waals surface area contributed by atoms with Crippen LogP contribution in [0.5, 0.6) is 0 Å². The molecule has 3 heteroatoms. The van der Waals surface area contributed by atoms with Crippen LogP contribution < -0.4 is 0 Å². The van der Waals surface area contributed by atoms with Gasteiger partial charge in [0.25, 0.3) is 0 Å². The Morgan fingerprint density at radius 1 is 1.38 bits per heavy atom. The molecule has 1 aliphatic heterocycles. The Morgan fingerprint density at radius 3 is 2.25 bits per heavy atom. The van der Waals surface area contributed by atoms with Crippen molar-refractivity contribution in [3.05, 3.63) is 0 Å². The van der Waals surface area contributed by atoms with Crippen LogP contribution in [-0.4, -0.2) is 29.8 Å². The largest absolute Gasteiger partial charge is 0.342 e. The number of rotatable bonds is 2. The minimum Gasteiger partial charge on any atom is -0.342 e. The summed E-state index contributed by atoms with van der Waals surface area (Å²) in [6, 6.07) is 0. The van der Waals surface area contributed by atoms with Gasteiger partial charge in [0.05, 0.1) is 0 Å². The first kappa shape index (κ1) is 13.8. The van der Waals surface area contributed by atoms with E-state index in [1.165, 1.54) is 0 Å². The maximum atomic E-state index is 11.9. The molecule has 0 radical (unpaired) electrons. The third-order valence-electron chi connectivity index (χ3n) is 3.68. The number of carbonyl (C=O) groups excluding carboxylic acids is 1. The number of likely N-dealkylation sites (tertiary alicyclic amines) is 1. The Labute approximate surface area is 104 Å². The average molecular weight is 246 g/mol. The number of hydrogen-bond acceptors (Lipinski definition) is 1. The van der Waals surface area contributed by atoms with E-state index in [9.17, 15) is 4.79 Å². The second kappa shape index (κ2) is 5.39. The van der Waals surface area contributed by atoms with E-state index in [0.717, 1.165) is 31.8 Å². The maximum absolute atomic E-state index is 11.9. The molecule has 1 rings (SSSR count). The van der Waals surface area contributed by atoms with Gasteiger partial charge in [-0.25, -0.2) is 0 Å². The summed E-state index contributed by atoms with van der Waals surface area (Å²) < 4.78 is 0. The standard InChI is InChI=1S/C13H24ClNO/c1-10(9-14)12(16)15-7-5-11(6-8-15)13(2,3)4/h10-11H,5-9H2,1-4H3. The molecule has 0 aromatic carbocycles. The monoisotopic (exact) mass is 245 g/mol. The summed E-state index contributed by atoms with van der Waals surface area (Å²) in [7, 11) is 0. The van der Waals surface area contributed by atoms with E-state index < -0.39 is 0 Å². The Kier molecular flexibility index (Phi) is 4.66. The van der Waals surface area contributed by atoms with Crippen LogP contribution in [0, 0.1) is 17.3 Å². The molecular formula is C13H24ClNO. The molecule has 0 bridgehead atoms. The average Bonchev–Trinajstić information content (AvgIpc) is 2.26. The summed E-state index contributed by atoms with van der Waals surface area (Å²) >= 11 is 5.72. The van der Waals surface area contributed by atoms with Gasteiger partial charge >= 0.3 is 0 Å². The van der Waals surface area contributed by atoms with E-state index >= 15 is 0 Å². The lowest BCUT2D eigenvalue weighted by molar-refractivity contribution is -0.136. The predicted octanol–water partition coefficient (Wildman–Crippen LogP) is 3.15. The second-order valence-corrected chi connectivity index (χ2v) is 6.33. The van der Waals surface area contributed by atoms with Gasteiger partial charge < -0.3 is 4.90 Å². The lowest BCUT2D eigenvalue weighted by atomic mass is 9.75. The number of piperidine rings is 1. The van der Waals surface area contributed by atoms with Crippen molar-refractivity contribution in [3.63, 3.8) is 0 Å². The molecule has 0 aromatic rings. The smallest absolute Gasteiger partial charge is 0.226 e. The lowest BCUT2D eigenvalue weighted by Gasteiger charge is -2.39. The van der Waals surface area contributed by atoms with E-state index in [0.29, 0.717) is 11.3 Å². The molecule has 1 heterocycles. The Morgan fingerprint density at radius 2 is 1.88 bits per heavy atom. The van der Waals surface area contributed by atoms with Gasteiger partial charge in [-0.05, 0) is 24.2 Å². The molecule has 1 amide bonds. The van der Waals surface area contributed by atoms with E-state index in [-0.39, 0.29) is 11.8 Å². The van der Waals surface area contributed by atoms with Crippen molar-refractivity contribution >= 4 is 17.5 Å². The van der Waals surface area contributed by atoms with Crippen molar-refractivity contribution in [3.8, 4) is 0 Å². The van der Waals surface area contributed by atoms with Gasteiger partial charge in [-0.2, -0.15) is 0 Å². The number of nitrogens with zero attached hydrogens (tertiary/aromatic N) is 1. The fraction of sp³-hybridized carbons (Fsp3) is 0.923. The normalized spacial score (nSPS) is 20.9. The van der Waals surface area contributed by atoms with Gasteiger partial charge in [-0.3, -0.25) is 4.79 Å². The van der Waals surface area contributed by atoms with Crippen LogP contribution in [-0.2, 0) is 4.79 Å². The molecule has 94 valence electrons. The molecule has 0 saturated carbocycles. The summed E-state index contributed by atoms with van der Waals surface area (Å²) in [4.78, 5) is 13.9. The summed E-state index contributed by atoms with van der Waals surface area (Å²) in [6.45, 7) is 10.6. The highest BCUT2D eigenvalue weighted by molar-refractivity contribution is 6.19. The number of halogens is 1. The van der Waals surface area contributed by atoms with Gasteiger partial charge in [0.2, 0.25) is 5.91 Å². The first-order chi connectivity index (χ1) is 7.36. The predicted molar refractivity (Wildman–Crippen MR) is 68.6 cm³/mol. The van der Waals surface area contributed by atoms with Gasteiger partial charge in [-0.15, -0.1) is 11.6 Å². The zero-order valence-corrected chi connectivity index (χ0v) is 11.7. The maximum Gasteiger partial charge on any atom is 0.226 e. The third-order valence-corrected chi connectivity index (χ3v) is 4.15. The van der Waals surface area contributed by atoms with E-state index in [1.54, 1.807) is 0 Å². The molecule has 2 nitrogen and oxygen atoms in total. The molecule has 1 aliphatic rings. The highest BCUT2D eigenvalue weighted by Crippen LogP contribution is 2.34. The third kappa shape index (κ3) is 3.38. The van der Waals surface area contributed by atoms with Crippen LogP contribution in [0.4, 0.5) is 0 Å². The zero-order valence-electron chi connectivity index (χ0n) is 10.9. The van der Waals surface area contributed by atoms with Gasteiger partial charge in [0.1, 0.15) is 0 Å². The van der Waals surface area contributed by atoms with Crippen LogP contribution >= 0.6 is 11.6 Å². The van der Waals surface area contributed by atoms with E-state index in [1.807, 2.05) is 11.8 Å². The Hall–Kier alpha value is -0.240. The lowest BCUT2D eigenvalue weighted by Crippen LogP contribution is -2.43. The molecule has 0 aromatic heterocycles. The first-order valence-electron chi connectivity index (χ1n) is 6.21. The summed E-state index contributed by atoms with van der Waals surface area (Å²) in [6.07, 6.45) is 2.26. The van der Waals surface area contributed by atoms with E-state index in [4.69, 9.17) is 11.6 Å². The molecule has 1 fully saturated rings. The zero-order chi connectivity index (χ0) is 12.3. The number of amides is 1. The quantitative estimate of drug-likeness (QED) is 0.685. The minimum atomic E-state index is -0.0344. The fourth-order valence-corrected chi connectivity index (χ4v) is 2.48. The SMILES string of the molecule is CC(CCl)C(=O)N1CCC(C(C)(C)C)CC1. The van der Waals surface area contributed by atoms with Crippen molar-refractivity contribution < 1.29 is 4.79 Å². The fourth-order valence-electron chi connectivity index (χ4n) is 2.34. The first-order valence-corrected chi connectivity index (χ1v) is 6.74. The van der Waals surface area contributed by atoms with Crippen LogP contribution in [0.15, 0.2) is 0 Å². The van der Waals surface area contributed by atoms with Crippen LogP contribution in [0.25, 0.3) is 0 Å². The number of alkyl halides is 1. The topological polar surface area (TPSA) is 20.3 Å². The van der Waals surface area contributed by atoms with E-state index in [2.05, 4.69) is 20.8 Å². The van der Waals surface area contributed by atoms with Gasteiger partial charge in [0.15, 0.2) is 0 Å².